The maximum atomic E-state index is 6.27. The van der Waals surface area contributed by atoms with Crippen LogP contribution in [0.4, 0.5) is 0 Å². The summed E-state index contributed by atoms with van der Waals surface area (Å²) in [5.41, 5.74) is 7.69. The molecule has 0 fully saturated rings. The SMILES string of the molecule is CC(C)n1ncc(Br)c1C(N)c1ncc(Cl)cc1Cl. The molecule has 1 atom stereocenters. The normalized spacial score (nSPS) is 13.0. The van der Waals surface area contributed by atoms with E-state index in [0.717, 1.165) is 10.2 Å². The first-order chi connectivity index (χ1) is 8.91. The summed E-state index contributed by atoms with van der Waals surface area (Å²) < 4.78 is 2.68. The monoisotopic (exact) mass is 362 g/mol. The number of nitrogens with zero attached hydrogens (tertiary/aromatic N) is 3. The summed E-state index contributed by atoms with van der Waals surface area (Å²) in [4.78, 5) is 4.22. The Hall–Kier alpha value is -0.620. The highest BCUT2D eigenvalue weighted by Crippen LogP contribution is 2.31. The lowest BCUT2D eigenvalue weighted by molar-refractivity contribution is 0.497. The molecule has 0 amide bonds. The van der Waals surface area contributed by atoms with Gasteiger partial charge in [0.25, 0.3) is 0 Å². The largest absolute Gasteiger partial charge is 0.318 e. The van der Waals surface area contributed by atoms with E-state index >= 15 is 0 Å². The summed E-state index contributed by atoms with van der Waals surface area (Å²) in [5.74, 6) is 0. The molecule has 0 spiro atoms. The van der Waals surface area contributed by atoms with Gasteiger partial charge in [-0.1, -0.05) is 23.2 Å². The third kappa shape index (κ3) is 2.94. The number of nitrogens with two attached hydrogens (primary N) is 1. The first kappa shape index (κ1) is 14.8. The van der Waals surface area contributed by atoms with Crippen molar-refractivity contribution in [3.63, 3.8) is 0 Å². The van der Waals surface area contributed by atoms with Crippen LogP contribution >= 0.6 is 39.1 Å². The zero-order valence-corrected chi connectivity index (χ0v) is 13.5. The van der Waals surface area contributed by atoms with Crippen molar-refractivity contribution in [2.24, 2.45) is 5.73 Å². The molecule has 4 nitrogen and oxygen atoms in total. The summed E-state index contributed by atoms with van der Waals surface area (Å²) in [6.07, 6.45) is 3.26. The average Bonchev–Trinajstić information content (AvgIpc) is 2.70. The topological polar surface area (TPSA) is 56.7 Å². The van der Waals surface area contributed by atoms with Crippen LogP contribution in [0.5, 0.6) is 0 Å². The van der Waals surface area contributed by atoms with Gasteiger partial charge in [-0.05, 0) is 35.8 Å². The first-order valence-electron chi connectivity index (χ1n) is 5.71. The summed E-state index contributed by atoms with van der Waals surface area (Å²) in [7, 11) is 0. The number of pyridine rings is 1. The quantitative estimate of drug-likeness (QED) is 0.897. The predicted molar refractivity (Wildman–Crippen MR) is 80.6 cm³/mol. The number of halogens is 3. The van der Waals surface area contributed by atoms with Crippen LogP contribution in [0.25, 0.3) is 0 Å². The van der Waals surface area contributed by atoms with E-state index in [-0.39, 0.29) is 6.04 Å². The minimum atomic E-state index is -0.468. The Kier molecular flexibility index (Phi) is 4.50. The van der Waals surface area contributed by atoms with E-state index in [1.807, 2.05) is 18.5 Å². The molecule has 2 N–H and O–H groups in total. The van der Waals surface area contributed by atoms with Gasteiger partial charge in [0.1, 0.15) is 0 Å². The minimum absolute atomic E-state index is 0.193. The molecule has 1 unspecified atom stereocenters. The van der Waals surface area contributed by atoms with E-state index in [0.29, 0.717) is 15.7 Å². The maximum absolute atomic E-state index is 6.27. The molecular weight excluding hydrogens is 351 g/mol. The first-order valence-corrected chi connectivity index (χ1v) is 7.26. The highest BCUT2D eigenvalue weighted by molar-refractivity contribution is 9.10. The molecule has 0 aliphatic rings. The van der Waals surface area contributed by atoms with Crippen LogP contribution in [0.3, 0.4) is 0 Å². The second kappa shape index (κ2) is 5.79. The van der Waals surface area contributed by atoms with Crippen molar-refractivity contribution in [1.29, 1.82) is 0 Å². The number of aromatic nitrogens is 3. The van der Waals surface area contributed by atoms with Crippen LogP contribution in [-0.4, -0.2) is 14.8 Å². The predicted octanol–water partition coefficient (Wildman–Crippen LogP) is 3.98. The van der Waals surface area contributed by atoms with Gasteiger partial charge in [0, 0.05) is 12.2 Å². The molecule has 2 aromatic heterocycles. The van der Waals surface area contributed by atoms with Crippen molar-refractivity contribution >= 4 is 39.1 Å². The van der Waals surface area contributed by atoms with E-state index in [1.54, 1.807) is 12.3 Å². The fourth-order valence-corrected chi connectivity index (χ4v) is 2.85. The molecule has 0 aliphatic carbocycles. The molecule has 2 aromatic rings. The Bertz CT molecular complexity index is 597. The van der Waals surface area contributed by atoms with Gasteiger partial charge >= 0.3 is 0 Å². The lowest BCUT2D eigenvalue weighted by Crippen LogP contribution is -2.20. The third-order valence-corrected chi connectivity index (χ3v) is 3.82. The molecule has 102 valence electrons. The molecule has 0 saturated heterocycles. The van der Waals surface area contributed by atoms with E-state index < -0.39 is 6.04 Å². The van der Waals surface area contributed by atoms with E-state index in [1.165, 1.54) is 6.20 Å². The van der Waals surface area contributed by atoms with Crippen LogP contribution < -0.4 is 5.73 Å². The summed E-state index contributed by atoms with van der Waals surface area (Å²) in [6, 6.07) is 1.36. The highest BCUT2D eigenvalue weighted by Gasteiger charge is 2.22. The van der Waals surface area contributed by atoms with Crippen LogP contribution in [-0.2, 0) is 0 Å². The van der Waals surface area contributed by atoms with Crippen molar-refractivity contribution in [2.45, 2.75) is 25.9 Å². The van der Waals surface area contributed by atoms with Crippen LogP contribution in [0.2, 0.25) is 10.0 Å². The van der Waals surface area contributed by atoms with Crippen LogP contribution in [0, 0.1) is 0 Å². The maximum Gasteiger partial charge on any atom is 0.0923 e. The van der Waals surface area contributed by atoms with Crippen molar-refractivity contribution in [3.8, 4) is 0 Å². The Balaban J connectivity index is 2.49. The smallest absolute Gasteiger partial charge is 0.0923 e. The summed E-state index contributed by atoms with van der Waals surface area (Å²) >= 11 is 15.5. The lowest BCUT2D eigenvalue weighted by Gasteiger charge is -2.18. The molecule has 7 heteroatoms. The molecule has 2 heterocycles. The van der Waals surface area contributed by atoms with Gasteiger partial charge in [-0.2, -0.15) is 5.10 Å². The van der Waals surface area contributed by atoms with E-state index in [9.17, 15) is 0 Å². The summed E-state index contributed by atoms with van der Waals surface area (Å²) in [5, 5.41) is 5.23. The molecule has 0 aromatic carbocycles. The molecule has 0 aliphatic heterocycles. The molecule has 2 rings (SSSR count). The fraction of sp³-hybridized carbons (Fsp3) is 0.333. The molecule has 0 radical (unpaired) electrons. The van der Waals surface area contributed by atoms with Crippen molar-refractivity contribution in [1.82, 2.24) is 14.8 Å². The highest BCUT2D eigenvalue weighted by atomic mass is 79.9. The van der Waals surface area contributed by atoms with Gasteiger partial charge in [-0.15, -0.1) is 0 Å². The van der Waals surface area contributed by atoms with Crippen LogP contribution in [0.1, 0.15) is 37.3 Å². The molecule has 0 saturated carbocycles. The zero-order chi connectivity index (χ0) is 14.2. The van der Waals surface area contributed by atoms with Crippen molar-refractivity contribution < 1.29 is 0 Å². The van der Waals surface area contributed by atoms with Gasteiger partial charge in [-0.3, -0.25) is 9.67 Å². The Labute approximate surface area is 130 Å². The minimum Gasteiger partial charge on any atom is -0.318 e. The van der Waals surface area contributed by atoms with Gasteiger partial charge in [-0.25, -0.2) is 0 Å². The van der Waals surface area contributed by atoms with Crippen molar-refractivity contribution in [2.75, 3.05) is 0 Å². The standard InChI is InChI=1S/C12H13BrCl2N4/c1-6(2)19-12(8(13)5-18-19)10(16)11-9(15)3-7(14)4-17-11/h3-6,10H,16H2,1-2H3. The third-order valence-electron chi connectivity index (χ3n) is 2.70. The van der Waals surface area contributed by atoms with E-state index in [2.05, 4.69) is 26.0 Å². The molecule has 19 heavy (non-hydrogen) atoms. The molecular formula is C12H13BrCl2N4. The second-order valence-electron chi connectivity index (χ2n) is 4.41. The average molecular weight is 364 g/mol. The Morgan fingerprint density at radius 2 is 2.00 bits per heavy atom. The van der Waals surface area contributed by atoms with Crippen molar-refractivity contribution in [3.05, 3.63) is 44.4 Å². The Morgan fingerprint density at radius 1 is 1.32 bits per heavy atom. The fourth-order valence-electron chi connectivity index (χ4n) is 1.84. The Morgan fingerprint density at radius 3 is 2.58 bits per heavy atom. The number of rotatable bonds is 3. The molecule has 0 bridgehead atoms. The number of hydrogen-bond acceptors (Lipinski definition) is 3. The van der Waals surface area contributed by atoms with E-state index in [4.69, 9.17) is 28.9 Å². The van der Waals surface area contributed by atoms with Gasteiger partial charge in [0.05, 0.1) is 38.1 Å². The summed E-state index contributed by atoms with van der Waals surface area (Å²) in [6.45, 7) is 4.07. The lowest BCUT2D eigenvalue weighted by atomic mass is 10.1. The van der Waals surface area contributed by atoms with Crippen LogP contribution in [0.15, 0.2) is 22.9 Å². The second-order valence-corrected chi connectivity index (χ2v) is 6.11. The van der Waals surface area contributed by atoms with Gasteiger partial charge < -0.3 is 5.73 Å². The van der Waals surface area contributed by atoms with Gasteiger partial charge in [0.15, 0.2) is 0 Å². The number of hydrogen-bond donors (Lipinski definition) is 1. The zero-order valence-electron chi connectivity index (χ0n) is 10.4. The van der Waals surface area contributed by atoms with Gasteiger partial charge in [0.2, 0.25) is 0 Å².